The summed E-state index contributed by atoms with van der Waals surface area (Å²) in [5, 5.41) is 14.8. The van der Waals surface area contributed by atoms with Crippen LogP contribution in [0.25, 0.3) is 0 Å². The van der Waals surface area contributed by atoms with E-state index in [9.17, 15) is 64.8 Å². The monoisotopic (exact) mass is 1310 g/mol. The maximum absolute atomic E-state index is 13.6. The summed E-state index contributed by atoms with van der Waals surface area (Å²) >= 11 is 0. The molecule has 498 valence electrons. The normalized spacial score (nSPS) is 16.3. The van der Waals surface area contributed by atoms with E-state index in [-0.39, 0.29) is 45.5 Å². The van der Waals surface area contributed by atoms with Crippen molar-refractivity contribution in [2.24, 2.45) is 41.1 Å². The van der Waals surface area contributed by atoms with Crippen molar-refractivity contribution < 1.29 is 97.9 Å². The highest BCUT2D eigenvalue weighted by Crippen LogP contribution is 2.42. The molecule has 13 N–H and O–H groups in total. The first-order chi connectivity index (χ1) is 42.6. The molecular weight excluding hydrogens is 1230 g/mol. The fraction of sp³-hybridized carbons (Fsp3) is 0.564. The van der Waals surface area contributed by atoms with Crippen LogP contribution in [0.15, 0.2) is 48.5 Å². The molecule has 6 atom stereocenters. The lowest BCUT2D eigenvalue weighted by atomic mass is 9.87. The number of amides is 10. The number of nitrogens with one attached hydrogen (secondary N) is 9. The van der Waals surface area contributed by atoms with Gasteiger partial charge in [0.1, 0.15) is 51.2 Å². The van der Waals surface area contributed by atoms with Crippen molar-refractivity contribution in [2.75, 3.05) is 76.5 Å². The fourth-order valence-corrected chi connectivity index (χ4v) is 10.7. The smallest absolute Gasteiger partial charge is 0.422 e. The van der Waals surface area contributed by atoms with Gasteiger partial charge in [-0.25, -0.2) is 38.2 Å². The zero-order chi connectivity index (χ0) is 66.4. The van der Waals surface area contributed by atoms with Crippen molar-refractivity contribution in [2.45, 2.75) is 104 Å². The van der Waals surface area contributed by atoms with E-state index < -0.39 is 150 Å². The fourth-order valence-electron chi connectivity index (χ4n) is 9.00. The third-order valence-corrected chi connectivity index (χ3v) is 16.0. The Morgan fingerprint density at radius 2 is 1.06 bits per heavy atom. The van der Waals surface area contributed by atoms with Gasteiger partial charge in [0.25, 0.3) is 0 Å². The lowest BCUT2D eigenvalue weighted by Gasteiger charge is -2.25. The summed E-state index contributed by atoms with van der Waals surface area (Å²) in [4.78, 5) is 125. The predicted octanol–water partition coefficient (Wildman–Crippen LogP) is 1.65. The van der Waals surface area contributed by atoms with Gasteiger partial charge in [0.05, 0.1) is 26.4 Å². The van der Waals surface area contributed by atoms with Gasteiger partial charge in [0, 0.05) is 43.9 Å². The van der Waals surface area contributed by atoms with Crippen LogP contribution in [0.3, 0.4) is 0 Å². The van der Waals surface area contributed by atoms with Crippen molar-refractivity contribution >= 4 is 92.0 Å². The third kappa shape index (κ3) is 28.2. The van der Waals surface area contributed by atoms with Gasteiger partial charge in [-0.1, -0.05) is 52.0 Å². The van der Waals surface area contributed by atoms with E-state index in [0.717, 1.165) is 38.5 Å². The van der Waals surface area contributed by atoms with E-state index in [1.54, 1.807) is 61.4 Å². The van der Waals surface area contributed by atoms with Crippen LogP contribution in [0.2, 0.25) is 0 Å². The second-order valence-electron chi connectivity index (χ2n) is 21.2. The summed E-state index contributed by atoms with van der Waals surface area (Å²) in [6, 6.07) is 8.66. The van der Waals surface area contributed by atoms with Gasteiger partial charge < -0.3 is 76.5 Å². The van der Waals surface area contributed by atoms with Crippen LogP contribution in [0.5, 0.6) is 0 Å². The first-order valence-electron chi connectivity index (χ1n) is 28.6. The molecule has 1 fully saturated rings. The average molecular weight is 1310 g/mol. The minimum atomic E-state index is -4.94. The standard InChI is InChI=1S/C55H80N12O21S2/c1-34(2)45(48(70)58-30-44(68)61-42-16-12-37(13-17-42)31-86-50(56)72)63-52(74)83-24-21-67(22-25-84-53(75)64-46(35(3)4)49(71)60-36(5)47(69)62-43-18-14-38(15-19-43)32-87-51(57)73)90(80,81)66-55(77)85-27-26-82-23-20-59-89(78,79)65-54(76)88-33-39-28-40-10-8-6-7-9-11-41(40)29-39/h12-19,34-36,39-41,45-46,59H,8-11,20-33H2,1-5H3,(H2,56,72)(H2,57,73)(H,58,70)(H,60,71)(H,61,68)(H,62,69)(H,63,74)(H,64,75)(H,65,76)(H,66,77)/t36-,39-,40+,41-,45?,46?/m0/s1. The lowest BCUT2D eigenvalue weighted by molar-refractivity contribution is -0.128. The minimum absolute atomic E-state index is 0.0639. The number of anilines is 2. The number of nitrogens with two attached hydrogens (primary N) is 2. The van der Waals surface area contributed by atoms with Gasteiger partial charge >= 0.3 is 57.0 Å². The van der Waals surface area contributed by atoms with Crippen LogP contribution in [-0.2, 0) is 86.0 Å². The molecule has 0 radical (unpaired) electrons. The molecular formula is C55H80N12O21S2. The highest BCUT2D eigenvalue weighted by Gasteiger charge is 2.35. The number of hydrogen-bond donors (Lipinski definition) is 11. The van der Waals surface area contributed by atoms with Crippen LogP contribution in [0.1, 0.15) is 84.3 Å². The topological polar surface area (TPSA) is 467 Å². The van der Waals surface area contributed by atoms with Crippen LogP contribution in [0, 0.1) is 41.4 Å². The molecule has 4 rings (SSSR count). The maximum Gasteiger partial charge on any atom is 0.422 e. The van der Waals surface area contributed by atoms with Crippen LogP contribution >= 0.6 is 0 Å². The Labute approximate surface area is 521 Å². The van der Waals surface area contributed by atoms with Crippen molar-refractivity contribution in [1.29, 1.82) is 0 Å². The van der Waals surface area contributed by atoms with Crippen LogP contribution in [-0.4, -0.2) is 165 Å². The molecule has 0 saturated heterocycles. The Morgan fingerprint density at radius 3 is 1.57 bits per heavy atom. The number of carbonyl (C=O) groups excluding carboxylic acids is 10. The lowest BCUT2D eigenvalue weighted by Crippen LogP contribution is -2.54. The first kappa shape index (κ1) is 73.7. The van der Waals surface area contributed by atoms with Gasteiger partial charge in [-0.15, -0.1) is 11.8 Å². The molecule has 90 heavy (non-hydrogen) atoms. The van der Waals surface area contributed by atoms with E-state index in [4.69, 9.17) is 44.6 Å². The summed E-state index contributed by atoms with van der Waals surface area (Å²) in [5.74, 6) is 3.35. The molecule has 0 heterocycles. The van der Waals surface area contributed by atoms with Crippen molar-refractivity contribution in [3.63, 3.8) is 0 Å². The highest BCUT2D eigenvalue weighted by atomic mass is 32.2. The van der Waals surface area contributed by atoms with E-state index in [1.807, 2.05) is 0 Å². The summed E-state index contributed by atoms with van der Waals surface area (Å²) < 4.78 is 93.5. The number of primary amides is 2. The molecule has 2 aromatic rings. The molecule has 35 heteroatoms. The van der Waals surface area contributed by atoms with E-state index >= 15 is 0 Å². The Bertz CT molecular complexity index is 3050. The van der Waals surface area contributed by atoms with Crippen LogP contribution in [0.4, 0.5) is 40.1 Å². The average Bonchev–Trinajstić information content (AvgIpc) is 2.98. The van der Waals surface area contributed by atoms with Gasteiger partial charge in [-0.3, -0.25) is 19.2 Å². The molecule has 1 saturated carbocycles. The molecule has 2 unspecified atom stereocenters. The van der Waals surface area contributed by atoms with Gasteiger partial charge in [-0.2, -0.15) is 25.9 Å². The minimum Gasteiger partial charge on any atom is -0.449 e. The molecule has 0 aromatic heterocycles. The number of ether oxygens (including phenoxy) is 7. The Hall–Kier alpha value is -8.72. The molecule has 2 aliphatic carbocycles. The maximum atomic E-state index is 13.6. The SMILES string of the molecule is CC(C)C(NC(=O)OCCN(CCOC(=O)NC(C(=O)N[C@@H](C)C(=O)Nc1ccc(COC(N)=O)cc1)C(C)C)S(=O)(=O)NC(=O)OCCOCCNS(=O)(=O)NC(=O)OC[C@H]1C[C@H]2CCC#CCC[C@H]2C1)C(=O)NCC(=O)Nc1ccc(COC(N)=O)cc1. The van der Waals surface area contributed by atoms with Gasteiger partial charge in [0.15, 0.2) is 0 Å². The second-order valence-corrected chi connectivity index (χ2v) is 24.4. The molecule has 2 aromatic carbocycles. The second kappa shape index (κ2) is 37.3. The number of fused-ring (bicyclic) bond motifs is 1. The number of carbonyl (C=O) groups is 10. The summed E-state index contributed by atoms with van der Waals surface area (Å²) in [6.07, 6.45) is -1.68. The zero-order valence-electron chi connectivity index (χ0n) is 50.5. The van der Waals surface area contributed by atoms with E-state index in [0.29, 0.717) is 38.6 Å². The van der Waals surface area contributed by atoms with Crippen LogP contribution < -0.4 is 57.5 Å². The van der Waals surface area contributed by atoms with E-state index in [1.165, 1.54) is 31.2 Å². The molecule has 0 bridgehead atoms. The number of nitrogens with zero attached hydrogens (tertiary/aromatic N) is 1. The number of rotatable bonds is 34. The summed E-state index contributed by atoms with van der Waals surface area (Å²) in [7, 11) is -9.29. The summed E-state index contributed by atoms with van der Waals surface area (Å²) in [5.41, 5.74) is 11.8. The van der Waals surface area contributed by atoms with E-state index in [2.05, 4.69) is 48.5 Å². The number of hydrogen-bond acceptors (Lipinski definition) is 21. The molecule has 2 aliphatic rings. The van der Waals surface area contributed by atoms with Gasteiger partial charge in [0.2, 0.25) is 23.6 Å². The number of alkyl carbamates (subject to hydrolysis) is 2. The molecule has 33 nitrogen and oxygen atoms in total. The van der Waals surface area contributed by atoms with Crippen molar-refractivity contribution in [3.05, 3.63) is 59.7 Å². The van der Waals surface area contributed by atoms with Crippen molar-refractivity contribution in [1.82, 2.24) is 39.7 Å². The highest BCUT2D eigenvalue weighted by molar-refractivity contribution is 7.88. The Balaban J connectivity index is 1.28. The largest absolute Gasteiger partial charge is 0.449 e. The first-order valence-corrected chi connectivity index (χ1v) is 31.5. The molecule has 10 amide bonds. The Morgan fingerprint density at radius 1 is 0.567 bits per heavy atom. The third-order valence-electron chi connectivity index (χ3n) is 13.6. The predicted molar refractivity (Wildman–Crippen MR) is 319 cm³/mol. The van der Waals surface area contributed by atoms with Gasteiger partial charge in [-0.05, 0) is 97.6 Å². The quantitative estimate of drug-likeness (QED) is 0.0269. The summed E-state index contributed by atoms with van der Waals surface area (Å²) in [6.45, 7) is 2.60. The number of benzene rings is 2. The Kier molecular flexibility index (Phi) is 30.6. The van der Waals surface area contributed by atoms with Crippen molar-refractivity contribution in [3.8, 4) is 11.8 Å². The molecule has 0 spiro atoms. The zero-order valence-corrected chi connectivity index (χ0v) is 52.1. The molecule has 0 aliphatic heterocycles.